The van der Waals surface area contributed by atoms with Crippen LogP contribution in [0.3, 0.4) is 0 Å². The zero-order valence-corrected chi connectivity index (χ0v) is 14.8. The van der Waals surface area contributed by atoms with Gasteiger partial charge in [0.2, 0.25) is 5.91 Å². The van der Waals surface area contributed by atoms with E-state index in [0.29, 0.717) is 13.0 Å². The lowest BCUT2D eigenvalue weighted by Crippen LogP contribution is -2.54. The number of hydrogen-bond acceptors (Lipinski definition) is 5. The van der Waals surface area contributed by atoms with Gasteiger partial charge in [0.15, 0.2) is 0 Å². The van der Waals surface area contributed by atoms with Crippen LogP contribution in [0.5, 0.6) is 0 Å². The molecule has 0 bridgehead atoms. The lowest BCUT2D eigenvalue weighted by Gasteiger charge is -2.30. The van der Waals surface area contributed by atoms with Crippen molar-refractivity contribution in [3.05, 3.63) is 0 Å². The molecule has 1 aliphatic rings. The third-order valence-corrected chi connectivity index (χ3v) is 3.61. The molecule has 7 nitrogen and oxygen atoms in total. The molecule has 0 saturated carbocycles. The molecule has 0 aromatic heterocycles. The van der Waals surface area contributed by atoms with Crippen molar-refractivity contribution >= 4 is 18.0 Å². The fourth-order valence-electron chi connectivity index (χ4n) is 2.54. The summed E-state index contributed by atoms with van der Waals surface area (Å²) in [5.41, 5.74) is -0.642. The van der Waals surface area contributed by atoms with Crippen molar-refractivity contribution in [1.82, 2.24) is 10.2 Å². The summed E-state index contributed by atoms with van der Waals surface area (Å²) in [6, 6.07) is -1.32. The van der Waals surface area contributed by atoms with Crippen LogP contribution < -0.4 is 5.32 Å². The Hall–Kier alpha value is -1.79. The van der Waals surface area contributed by atoms with Gasteiger partial charge in [-0.1, -0.05) is 13.8 Å². The molecule has 2 atom stereocenters. The Kier molecular flexibility index (Phi) is 6.41. The van der Waals surface area contributed by atoms with Crippen LogP contribution in [0, 0.1) is 5.92 Å². The van der Waals surface area contributed by atoms with Crippen LogP contribution in [0.2, 0.25) is 0 Å². The molecule has 2 amide bonds. The van der Waals surface area contributed by atoms with Crippen LogP contribution in [-0.2, 0) is 19.1 Å². The van der Waals surface area contributed by atoms with E-state index < -0.39 is 29.7 Å². The predicted octanol–water partition coefficient (Wildman–Crippen LogP) is 1.70. The van der Waals surface area contributed by atoms with Crippen LogP contribution in [0.25, 0.3) is 0 Å². The second-order valence-corrected chi connectivity index (χ2v) is 7.08. The largest absolute Gasteiger partial charge is 0.467 e. The second-order valence-electron chi connectivity index (χ2n) is 7.08. The smallest absolute Gasteiger partial charge is 0.408 e. The van der Waals surface area contributed by atoms with E-state index in [1.165, 1.54) is 12.0 Å². The minimum Gasteiger partial charge on any atom is -0.467 e. The number of carbonyl (C=O) groups is 3. The van der Waals surface area contributed by atoms with Crippen LogP contribution in [0.4, 0.5) is 4.79 Å². The number of alkyl carbamates (subject to hydrolysis) is 1. The average Bonchev–Trinajstić information content (AvgIpc) is 2.90. The van der Waals surface area contributed by atoms with Crippen molar-refractivity contribution in [2.24, 2.45) is 5.92 Å². The summed E-state index contributed by atoms with van der Waals surface area (Å²) in [4.78, 5) is 38.0. The number of esters is 1. The predicted molar refractivity (Wildman–Crippen MR) is 84.7 cm³/mol. The highest BCUT2D eigenvalue weighted by Crippen LogP contribution is 2.21. The average molecular weight is 328 g/mol. The summed E-state index contributed by atoms with van der Waals surface area (Å²) in [6.45, 7) is 9.43. The maximum Gasteiger partial charge on any atom is 0.408 e. The van der Waals surface area contributed by atoms with Crippen LogP contribution in [0.15, 0.2) is 0 Å². The number of likely N-dealkylation sites (tertiary alicyclic amines) is 1. The quantitative estimate of drug-likeness (QED) is 0.794. The molecular weight excluding hydrogens is 300 g/mol. The monoisotopic (exact) mass is 328 g/mol. The molecule has 1 heterocycles. The van der Waals surface area contributed by atoms with Crippen molar-refractivity contribution in [1.29, 1.82) is 0 Å². The maximum atomic E-state index is 12.8. The molecule has 7 heteroatoms. The number of amides is 2. The zero-order chi connectivity index (χ0) is 17.8. The number of nitrogens with zero attached hydrogens (tertiary/aromatic N) is 1. The summed E-state index contributed by atoms with van der Waals surface area (Å²) in [7, 11) is 1.31. The van der Waals surface area contributed by atoms with Gasteiger partial charge in [-0.15, -0.1) is 0 Å². The lowest BCUT2D eigenvalue weighted by molar-refractivity contribution is -0.152. The molecule has 132 valence electrons. The Morgan fingerprint density at radius 2 is 1.83 bits per heavy atom. The summed E-state index contributed by atoms with van der Waals surface area (Å²) >= 11 is 0. The maximum absolute atomic E-state index is 12.8. The van der Waals surface area contributed by atoms with Gasteiger partial charge < -0.3 is 19.7 Å². The number of ether oxygens (including phenoxy) is 2. The third kappa shape index (κ3) is 5.41. The topological polar surface area (TPSA) is 84.9 Å². The zero-order valence-electron chi connectivity index (χ0n) is 14.8. The van der Waals surface area contributed by atoms with E-state index >= 15 is 0 Å². The first kappa shape index (κ1) is 19.3. The first-order valence-corrected chi connectivity index (χ1v) is 7.94. The van der Waals surface area contributed by atoms with Crippen LogP contribution >= 0.6 is 0 Å². The highest BCUT2D eigenvalue weighted by molar-refractivity contribution is 5.90. The first-order valence-electron chi connectivity index (χ1n) is 7.94. The number of rotatable bonds is 4. The third-order valence-electron chi connectivity index (χ3n) is 3.61. The van der Waals surface area contributed by atoms with Gasteiger partial charge in [-0.05, 0) is 39.5 Å². The van der Waals surface area contributed by atoms with Crippen molar-refractivity contribution < 1.29 is 23.9 Å². The SMILES string of the molecule is COC(=O)[C@@H]1CCCN1C(=O)C(NC(=O)OC(C)(C)C)C(C)C. The van der Waals surface area contributed by atoms with Crippen molar-refractivity contribution in [2.75, 3.05) is 13.7 Å². The van der Waals surface area contributed by atoms with Crippen molar-refractivity contribution in [3.8, 4) is 0 Å². The van der Waals surface area contributed by atoms with Crippen molar-refractivity contribution in [2.45, 2.75) is 65.1 Å². The molecule has 0 aromatic carbocycles. The Balaban J connectivity index is 2.82. The number of methoxy groups -OCH3 is 1. The Labute approximate surface area is 137 Å². The molecule has 1 fully saturated rings. The van der Waals surface area contributed by atoms with Crippen LogP contribution in [0.1, 0.15) is 47.5 Å². The standard InChI is InChI=1S/C16H28N2O5/c1-10(2)12(17-15(21)23-16(3,4)5)13(19)18-9-7-8-11(18)14(20)22-6/h10-12H,7-9H2,1-6H3,(H,17,21)/t11-,12?/m0/s1. The fraction of sp³-hybridized carbons (Fsp3) is 0.812. The molecular formula is C16H28N2O5. The van der Waals surface area contributed by atoms with Gasteiger partial charge in [-0.3, -0.25) is 4.79 Å². The molecule has 1 unspecified atom stereocenters. The minimum absolute atomic E-state index is 0.131. The van der Waals surface area contributed by atoms with Gasteiger partial charge in [-0.25, -0.2) is 9.59 Å². The minimum atomic E-state index is -0.741. The highest BCUT2D eigenvalue weighted by atomic mass is 16.6. The number of nitrogens with one attached hydrogen (secondary N) is 1. The molecule has 23 heavy (non-hydrogen) atoms. The molecule has 0 aliphatic carbocycles. The molecule has 0 radical (unpaired) electrons. The van der Waals surface area contributed by atoms with Gasteiger partial charge in [0.1, 0.15) is 17.7 Å². The number of hydrogen-bond donors (Lipinski definition) is 1. The van der Waals surface area contributed by atoms with E-state index in [1.807, 2.05) is 13.8 Å². The molecule has 1 aliphatic heterocycles. The molecule has 1 N–H and O–H groups in total. The molecule has 0 aromatic rings. The van der Waals surface area contributed by atoms with Crippen molar-refractivity contribution in [3.63, 3.8) is 0 Å². The summed E-state index contributed by atoms with van der Waals surface area (Å²) < 4.78 is 9.97. The highest BCUT2D eigenvalue weighted by Gasteiger charge is 2.39. The van der Waals surface area contributed by atoms with Gasteiger partial charge in [0.25, 0.3) is 0 Å². The van der Waals surface area contributed by atoms with E-state index in [4.69, 9.17) is 9.47 Å². The Morgan fingerprint density at radius 1 is 1.22 bits per heavy atom. The Bertz CT molecular complexity index is 456. The molecule has 1 saturated heterocycles. The first-order chi connectivity index (χ1) is 10.6. The van der Waals surface area contributed by atoms with Gasteiger partial charge in [-0.2, -0.15) is 0 Å². The van der Waals surface area contributed by atoms with E-state index in [1.54, 1.807) is 20.8 Å². The van der Waals surface area contributed by atoms with Gasteiger partial charge in [0.05, 0.1) is 7.11 Å². The molecule has 0 spiro atoms. The van der Waals surface area contributed by atoms with E-state index in [9.17, 15) is 14.4 Å². The summed E-state index contributed by atoms with van der Waals surface area (Å²) in [5.74, 6) is -0.830. The van der Waals surface area contributed by atoms with Gasteiger partial charge in [0, 0.05) is 6.54 Å². The Morgan fingerprint density at radius 3 is 2.30 bits per heavy atom. The summed E-state index contributed by atoms with van der Waals surface area (Å²) in [6.07, 6.45) is 0.677. The summed E-state index contributed by atoms with van der Waals surface area (Å²) in [5, 5.41) is 2.62. The van der Waals surface area contributed by atoms with E-state index in [-0.39, 0.29) is 11.8 Å². The molecule has 1 rings (SSSR count). The van der Waals surface area contributed by atoms with Crippen LogP contribution in [-0.4, -0.2) is 54.2 Å². The normalized spacial score (nSPS) is 19.4. The van der Waals surface area contributed by atoms with Gasteiger partial charge >= 0.3 is 12.1 Å². The lowest BCUT2D eigenvalue weighted by atomic mass is 10.0. The second kappa shape index (κ2) is 7.66. The number of carbonyl (C=O) groups excluding carboxylic acids is 3. The van der Waals surface area contributed by atoms with E-state index in [2.05, 4.69) is 5.32 Å². The van der Waals surface area contributed by atoms with E-state index in [0.717, 1.165) is 6.42 Å². The fourth-order valence-corrected chi connectivity index (χ4v) is 2.54.